The highest BCUT2D eigenvalue weighted by Crippen LogP contribution is 2.34. The van der Waals surface area contributed by atoms with Crippen molar-refractivity contribution in [1.29, 1.82) is 0 Å². The van der Waals surface area contributed by atoms with Crippen molar-refractivity contribution in [2.75, 3.05) is 37.6 Å². The summed E-state index contributed by atoms with van der Waals surface area (Å²) in [6.07, 6.45) is 4.94. The highest BCUT2D eigenvalue weighted by molar-refractivity contribution is 6.27. The van der Waals surface area contributed by atoms with E-state index in [9.17, 15) is 4.79 Å². The van der Waals surface area contributed by atoms with E-state index < -0.39 is 0 Å². The van der Waals surface area contributed by atoms with Crippen molar-refractivity contribution in [3.63, 3.8) is 0 Å². The molecule has 3 rings (SSSR count). The van der Waals surface area contributed by atoms with Crippen molar-refractivity contribution in [2.24, 2.45) is 0 Å². The monoisotopic (exact) mass is 374 g/mol. The summed E-state index contributed by atoms with van der Waals surface area (Å²) in [5.74, 6) is 0.517. The lowest BCUT2D eigenvalue weighted by Crippen LogP contribution is -2.47. The minimum absolute atomic E-state index is 0.215. The van der Waals surface area contributed by atoms with Crippen LogP contribution in [0.25, 0.3) is 23.4 Å². The highest BCUT2D eigenvalue weighted by Gasteiger charge is 2.26. The SMILES string of the molecule is C=Cc1[nH]c(=O)c(-c2coc(C)n2)c(N2CCN(CC)CC2)c1C=CCl. The molecule has 2 aromatic rings. The first-order valence-electron chi connectivity index (χ1n) is 8.68. The van der Waals surface area contributed by atoms with E-state index in [1.807, 2.05) is 0 Å². The predicted molar refractivity (Wildman–Crippen MR) is 107 cm³/mol. The lowest BCUT2D eigenvalue weighted by Gasteiger charge is -2.37. The van der Waals surface area contributed by atoms with Crippen molar-refractivity contribution in [2.45, 2.75) is 13.8 Å². The molecule has 1 aliphatic heterocycles. The van der Waals surface area contributed by atoms with Gasteiger partial charge in [-0.1, -0.05) is 25.1 Å². The number of aromatic nitrogens is 2. The smallest absolute Gasteiger partial charge is 0.260 e. The van der Waals surface area contributed by atoms with Crippen LogP contribution in [-0.2, 0) is 0 Å². The van der Waals surface area contributed by atoms with Gasteiger partial charge in [-0.05, 0) is 18.7 Å². The Morgan fingerprint density at radius 1 is 1.38 bits per heavy atom. The topological polar surface area (TPSA) is 65.4 Å². The van der Waals surface area contributed by atoms with Crippen LogP contribution in [0.4, 0.5) is 5.69 Å². The zero-order valence-electron chi connectivity index (χ0n) is 15.1. The average molecular weight is 375 g/mol. The van der Waals surface area contributed by atoms with Crippen LogP contribution in [-0.4, -0.2) is 47.6 Å². The van der Waals surface area contributed by atoms with E-state index in [1.165, 1.54) is 11.8 Å². The number of pyridine rings is 1. The van der Waals surface area contributed by atoms with E-state index in [-0.39, 0.29) is 5.56 Å². The van der Waals surface area contributed by atoms with Gasteiger partial charge >= 0.3 is 0 Å². The van der Waals surface area contributed by atoms with Gasteiger partial charge in [-0.3, -0.25) is 4.79 Å². The standard InChI is InChI=1S/C19H23ClN4O2/c1-4-15-14(6-7-20)18(24-10-8-23(5-2)9-11-24)17(19(25)22-15)16-12-26-13(3)21-16/h4,6-7,12H,1,5,8-11H2,2-3H3,(H,22,25). The normalized spacial score (nSPS) is 15.7. The molecule has 0 spiro atoms. The number of hydrogen-bond acceptors (Lipinski definition) is 5. The summed E-state index contributed by atoms with van der Waals surface area (Å²) in [6, 6.07) is 0. The Bertz CT molecular complexity index is 876. The van der Waals surface area contributed by atoms with E-state index in [0.29, 0.717) is 22.8 Å². The molecule has 3 heterocycles. The second kappa shape index (κ2) is 7.93. The van der Waals surface area contributed by atoms with Crippen LogP contribution in [0.5, 0.6) is 0 Å². The van der Waals surface area contributed by atoms with Crippen molar-refractivity contribution in [3.8, 4) is 11.3 Å². The second-order valence-corrected chi connectivity index (χ2v) is 6.43. The number of nitrogens with one attached hydrogen (secondary N) is 1. The second-order valence-electron chi connectivity index (χ2n) is 6.17. The lowest BCUT2D eigenvalue weighted by molar-refractivity contribution is 0.271. The van der Waals surface area contributed by atoms with Crippen molar-refractivity contribution >= 4 is 29.4 Å². The van der Waals surface area contributed by atoms with E-state index in [0.717, 1.165) is 44.0 Å². The van der Waals surface area contributed by atoms with Crippen molar-refractivity contribution in [3.05, 3.63) is 45.9 Å². The van der Waals surface area contributed by atoms with E-state index in [2.05, 4.69) is 33.3 Å². The fraction of sp³-hybridized carbons (Fsp3) is 0.368. The molecule has 7 heteroatoms. The number of aryl methyl sites for hydroxylation is 1. The number of H-pyrrole nitrogens is 1. The third-order valence-corrected chi connectivity index (χ3v) is 4.83. The number of oxazole rings is 1. The molecule has 1 N–H and O–H groups in total. The first-order valence-corrected chi connectivity index (χ1v) is 9.12. The molecule has 138 valence electrons. The summed E-state index contributed by atoms with van der Waals surface area (Å²) in [5.41, 5.74) is 4.56. The van der Waals surface area contributed by atoms with E-state index in [4.69, 9.17) is 16.0 Å². The minimum Gasteiger partial charge on any atom is -0.449 e. The van der Waals surface area contributed by atoms with Gasteiger partial charge in [0.05, 0.1) is 11.3 Å². The molecule has 0 atom stereocenters. The Morgan fingerprint density at radius 3 is 2.65 bits per heavy atom. The molecule has 2 aromatic heterocycles. The number of halogens is 1. The van der Waals surface area contributed by atoms with Gasteiger partial charge in [-0.25, -0.2) is 4.98 Å². The molecule has 0 unspecified atom stereocenters. The maximum Gasteiger partial charge on any atom is 0.260 e. The average Bonchev–Trinajstić information content (AvgIpc) is 3.08. The van der Waals surface area contributed by atoms with Gasteiger partial charge in [0.25, 0.3) is 5.56 Å². The highest BCUT2D eigenvalue weighted by atomic mass is 35.5. The molecule has 0 saturated carbocycles. The Labute approximate surface area is 157 Å². The fourth-order valence-corrected chi connectivity index (χ4v) is 3.47. The molecular formula is C19H23ClN4O2. The van der Waals surface area contributed by atoms with Gasteiger partial charge in [-0.2, -0.15) is 0 Å². The van der Waals surface area contributed by atoms with Crippen molar-refractivity contribution in [1.82, 2.24) is 14.9 Å². The van der Waals surface area contributed by atoms with Gasteiger partial charge in [0, 0.05) is 49.9 Å². The van der Waals surface area contributed by atoms with Crippen molar-refractivity contribution < 1.29 is 4.42 Å². The number of rotatable bonds is 5. The lowest BCUT2D eigenvalue weighted by atomic mass is 10.0. The predicted octanol–water partition coefficient (Wildman–Crippen LogP) is 3.33. The molecule has 1 saturated heterocycles. The van der Waals surface area contributed by atoms with E-state index in [1.54, 1.807) is 19.1 Å². The molecular weight excluding hydrogens is 352 g/mol. The molecule has 6 nitrogen and oxygen atoms in total. The number of aromatic amines is 1. The summed E-state index contributed by atoms with van der Waals surface area (Å²) in [7, 11) is 0. The number of nitrogens with zero attached hydrogens (tertiary/aromatic N) is 3. The third-order valence-electron chi connectivity index (χ3n) is 4.70. The molecule has 0 bridgehead atoms. The van der Waals surface area contributed by atoms with Gasteiger partial charge in [0.1, 0.15) is 12.0 Å². The first kappa shape index (κ1) is 18.5. The molecule has 26 heavy (non-hydrogen) atoms. The number of likely N-dealkylation sites (N-methyl/N-ethyl adjacent to an activating group) is 1. The molecule has 1 fully saturated rings. The summed E-state index contributed by atoms with van der Waals surface area (Å²) in [6.45, 7) is 12.3. The summed E-state index contributed by atoms with van der Waals surface area (Å²) >= 11 is 5.90. The van der Waals surface area contributed by atoms with Crippen LogP contribution in [0, 0.1) is 6.92 Å². The zero-order valence-corrected chi connectivity index (χ0v) is 15.8. The molecule has 0 amide bonds. The van der Waals surface area contributed by atoms with Gasteiger partial charge in [0.15, 0.2) is 5.89 Å². The Balaban J connectivity index is 2.22. The Morgan fingerprint density at radius 2 is 2.12 bits per heavy atom. The fourth-order valence-electron chi connectivity index (χ4n) is 3.35. The summed E-state index contributed by atoms with van der Waals surface area (Å²) < 4.78 is 5.35. The van der Waals surface area contributed by atoms with Gasteiger partial charge in [-0.15, -0.1) is 0 Å². The molecule has 0 radical (unpaired) electrons. The third kappa shape index (κ3) is 3.48. The molecule has 0 aliphatic carbocycles. The maximum atomic E-state index is 12.9. The Hall–Kier alpha value is -2.31. The van der Waals surface area contributed by atoms with Crippen LogP contribution in [0.3, 0.4) is 0 Å². The Kier molecular flexibility index (Phi) is 5.64. The van der Waals surface area contributed by atoms with Crippen LogP contribution < -0.4 is 10.5 Å². The number of hydrogen-bond donors (Lipinski definition) is 1. The molecule has 0 aromatic carbocycles. The van der Waals surface area contributed by atoms with Crippen LogP contribution in [0.15, 0.2) is 27.6 Å². The minimum atomic E-state index is -0.215. The van der Waals surface area contributed by atoms with E-state index >= 15 is 0 Å². The maximum absolute atomic E-state index is 12.9. The number of piperazine rings is 1. The molecule has 1 aliphatic rings. The van der Waals surface area contributed by atoms with Gasteiger partial charge in [0.2, 0.25) is 0 Å². The van der Waals surface area contributed by atoms with Gasteiger partial charge < -0.3 is 19.2 Å². The summed E-state index contributed by atoms with van der Waals surface area (Å²) in [4.78, 5) is 24.7. The summed E-state index contributed by atoms with van der Waals surface area (Å²) in [5, 5.41) is 0. The van der Waals surface area contributed by atoms with Crippen LogP contribution in [0.1, 0.15) is 24.1 Å². The van der Waals surface area contributed by atoms with Crippen LogP contribution in [0.2, 0.25) is 0 Å². The quantitative estimate of drug-likeness (QED) is 0.869. The first-order chi connectivity index (χ1) is 12.6. The number of anilines is 1. The van der Waals surface area contributed by atoms with Crippen LogP contribution >= 0.6 is 11.6 Å². The largest absolute Gasteiger partial charge is 0.449 e. The zero-order chi connectivity index (χ0) is 18.7.